The average molecular weight is 244 g/mol. The second-order valence-corrected chi connectivity index (χ2v) is 6.16. The van der Waals surface area contributed by atoms with Crippen LogP contribution >= 0.6 is 0 Å². The maximum absolute atomic E-state index is 10.2. The van der Waals surface area contributed by atoms with E-state index in [-0.39, 0.29) is 17.6 Å². The molecule has 102 valence electrons. The van der Waals surface area contributed by atoms with E-state index in [2.05, 4.69) is 20.8 Å². The van der Waals surface area contributed by atoms with Crippen LogP contribution in [0.5, 0.6) is 0 Å². The number of ether oxygens (including phenoxy) is 2. The van der Waals surface area contributed by atoms with E-state index in [4.69, 9.17) is 9.47 Å². The fourth-order valence-corrected chi connectivity index (χ4v) is 2.67. The molecule has 0 amide bonds. The average Bonchev–Trinajstić information content (AvgIpc) is 2.69. The second-order valence-electron chi connectivity index (χ2n) is 6.16. The first kappa shape index (κ1) is 14.9. The summed E-state index contributed by atoms with van der Waals surface area (Å²) < 4.78 is 11.0. The number of aliphatic hydroxyl groups is 1. The number of methoxy groups -OCH3 is 1. The second kappa shape index (κ2) is 6.72. The Labute approximate surface area is 105 Å². The molecule has 0 aromatic carbocycles. The van der Waals surface area contributed by atoms with Crippen LogP contribution in [0.15, 0.2) is 0 Å². The van der Waals surface area contributed by atoms with Gasteiger partial charge < -0.3 is 14.6 Å². The summed E-state index contributed by atoms with van der Waals surface area (Å²) in [4.78, 5) is 0. The Kier molecular flexibility index (Phi) is 5.90. The molecule has 0 aromatic heterocycles. The van der Waals surface area contributed by atoms with Gasteiger partial charge in [-0.1, -0.05) is 20.8 Å². The first-order chi connectivity index (χ1) is 7.95. The highest BCUT2D eigenvalue weighted by Gasteiger charge is 2.31. The molecular weight excluding hydrogens is 216 g/mol. The van der Waals surface area contributed by atoms with Crippen LogP contribution in [0.4, 0.5) is 0 Å². The Balaban J connectivity index is 2.24. The van der Waals surface area contributed by atoms with E-state index < -0.39 is 0 Å². The third-order valence-electron chi connectivity index (χ3n) is 3.51. The molecule has 1 N–H and O–H groups in total. The van der Waals surface area contributed by atoms with Crippen LogP contribution in [0.1, 0.15) is 52.9 Å². The van der Waals surface area contributed by atoms with E-state index >= 15 is 0 Å². The quantitative estimate of drug-likeness (QED) is 0.781. The van der Waals surface area contributed by atoms with Crippen molar-refractivity contribution in [2.45, 2.75) is 71.2 Å². The molecule has 1 heterocycles. The summed E-state index contributed by atoms with van der Waals surface area (Å²) in [5.41, 5.74) is -0.0158. The Bertz CT molecular complexity index is 204. The largest absolute Gasteiger partial charge is 0.390 e. The Morgan fingerprint density at radius 2 is 2.12 bits per heavy atom. The van der Waals surface area contributed by atoms with Crippen molar-refractivity contribution in [3.05, 3.63) is 0 Å². The number of hydrogen-bond acceptors (Lipinski definition) is 3. The molecule has 1 saturated heterocycles. The van der Waals surface area contributed by atoms with E-state index in [1.807, 2.05) is 0 Å². The molecule has 0 spiro atoms. The normalized spacial score (nSPS) is 24.9. The minimum absolute atomic E-state index is 0.0158. The third-order valence-corrected chi connectivity index (χ3v) is 3.51. The van der Waals surface area contributed by atoms with Gasteiger partial charge in [0.15, 0.2) is 0 Å². The highest BCUT2D eigenvalue weighted by molar-refractivity contribution is 4.81. The number of hydrogen-bond donors (Lipinski definition) is 1. The van der Waals surface area contributed by atoms with Gasteiger partial charge in [-0.3, -0.25) is 0 Å². The highest BCUT2D eigenvalue weighted by atomic mass is 16.5. The SMILES string of the molecule is COC(C(O)CCCC1CCCO1)C(C)(C)C. The lowest BCUT2D eigenvalue weighted by Crippen LogP contribution is -2.39. The van der Waals surface area contributed by atoms with Gasteiger partial charge in [0.05, 0.1) is 18.3 Å². The highest BCUT2D eigenvalue weighted by Crippen LogP contribution is 2.27. The van der Waals surface area contributed by atoms with Crippen molar-refractivity contribution in [2.24, 2.45) is 5.41 Å². The zero-order chi connectivity index (χ0) is 12.9. The summed E-state index contributed by atoms with van der Waals surface area (Å²) in [6, 6.07) is 0. The van der Waals surface area contributed by atoms with Crippen molar-refractivity contribution < 1.29 is 14.6 Å². The fraction of sp³-hybridized carbons (Fsp3) is 1.00. The lowest BCUT2D eigenvalue weighted by atomic mass is 9.84. The zero-order valence-electron chi connectivity index (χ0n) is 11.7. The zero-order valence-corrected chi connectivity index (χ0v) is 11.7. The Hall–Kier alpha value is -0.120. The van der Waals surface area contributed by atoms with Crippen molar-refractivity contribution in [1.29, 1.82) is 0 Å². The van der Waals surface area contributed by atoms with Crippen molar-refractivity contribution in [2.75, 3.05) is 13.7 Å². The van der Waals surface area contributed by atoms with E-state index in [9.17, 15) is 5.11 Å². The molecule has 0 bridgehead atoms. The third kappa shape index (κ3) is 4.94. The molecule has 17 heavy (non-hydrogen) atoms. The van der Waals surface area contributed by atoms with Crippen LogP contribution in [0, 0.1) is 5.41 Å². The Morgan fingerprint density at radius 1 is 1.41 bits per heavy atom. The first-order valence-corrected chi connectivity index (χ1v) is 6.77. The lowest BCUT2D eigenvalue weighted by molar-refractivity contribution is -0.0745. The standard InChI is InChI=1S/C14H28O3/c1-14(2,3)13(16-4)12(15)9-5-7-11-8-6-10-17-11/h11-13,15H,5-10H2,1-4H3. The maximum Gasteiger partial charge on any atom is 0.0878 e. The van der Waals surface area contributed by atoms with E-state index in [0.717, 1.165) is 25.9 Å². The topological polar surface area (TPSA) is 38.7 Å². The van der Waals surface area contributed by atoms with Crippen LogP contribution < -0.4 is 0 Å². The minimum Gasteiger partial charge on any atom is -0.390 e. The van der Waals surface area contributed by atoms with Gasteiger partial charge in [-0.2, -0.15) is 0 Å². The summed E-state index contributed by atoms with van der Waals surface area (Å²) in [5, 5.41) is 10.2. The molecule has 3 nitrogen and oxygen atoms in total. The molecule has 0 aliphatic carbocycles. The van der Waals surface area contributed by atoms with Crippen molar-refractivity contribution in [3.8, 4) is 0 Å². The molecule has 1 aliphatic heterocycles. The van der Waals surface area contributed by atoms with Crippen molar-refractivity contribution in [3.63, 3.8) is 0 Å². The molecule has 1 fully saturated rings. The Morgan fingerprint density at radius 3 is 2.59 bits per heavy atom. The van der Waals surface area contributed by atoms with Gasteiger partial charge >= 0.3 is 0 Å². The van der Waals surface area contributed by atoms with E-state index in [0.29, 0.717) is 6.10 Å². The van der Waals surface area contributed by atoms with Crippen LogP contribution in [-0.4, -0.2) is 37.1 Å². The van der Waals surface area contributed by atoms with Gasteiger partial charge in [0.25, 0.3) is 0 Å². The van der Waals surface area contributed by atoms with Gasteiger partial charge in [0.2, 0.25) is 0 Å². The van der Waals surface area contributed by atoms with E-state index in [1.165, 1.54) is 12.8 Å². The summed E-state index contributed by atoms with van der Waals surface area (Å²) in [6.07, 6.45) is 5.22. The molecule has 0 saturated carbocycles. The van der Waals surface area contributed by atoms with Crippen LogP contribution in [-0.2, 0) is 9.47 Å². The van der Waals surface area contributed by atoms with Crippen molar-refractivity contribution >= 4 is 0 Å². The summed E-state index contributed by atoms with van der Waals surface area (Å²) >= 11 is 0. The van der Waals surface area contributed by atoms with Gasteiger partial charge in [0, 0.05) is 13.7 Å². The van der Waals surface area contributed by atoms with Gasteiger partial charge in [-0.15, -0.1) is 0 Å². The van der Waals surface area contributed by atoms with Gasteiger partial charge in [0.1, 0.15) is 0 Å². The molecule has 1 aliphatic rings. The number of aliphatic hydroxyl groups excluding tert-OH is 1. The molecular formula is C14H28O3. The minimum atomic E-state index is -0.374. The smallest absolute Gasteiger partial charge is 0.0878 e. The molecule has 3 heteroatoms. The fourth-order valence-electron chi connectivity index (χ4n) is 2.67. The monoisotopic (exact) mass is 244 g/mol. The molecule has 0 radical (unpaired) electrons. The molecule has 3 atom stereocenters. The van der Waals surface area contributed by atoms with Gasteiger partial charge in [-0.25, -0.2) is 0 Å². The predicted octanol–water partition coefficient (Wildman–Crippen LogP) is 2.76. The lowest BCUT2D eigenvalue weighted by Gasteiger charge is -2.33. The molecule has 0 aromatic rings. The first-order valence-electron chi connectivity index (χ1n) is 6.77. The van der Waals surface area contributed by atoms with Gasteiger partial charge in [-0.05, 0) is 37.5 Å². The maximum atomic E-state index is 10.2. The van der Waals surface area contributed by atoms with Crippen LogP contribution in [0.25, 0.3) is 0 Å². The van der Waals surface area contributed by atoms with Crippen LogP contribution in [0.2, 0.25) is 0 Å². The van der Waals surface area contributed by atoms with E-state index in [1.54, 1.807) is 7.11 Å². The van der Waals surface area contributed by atoms with Crippen LogP contribution in [0.3, 0.4) is 0 Å². The summed E-state index contributed by atoms with van der Waals surface area (Å²) in [7, 11) is 1.68. The predicted molar refractivity (Wildman–Crippen MR) is 69.1 cm³/mol. The summed E-state index contributed by atoms with van der Waals surface area (Å²) in [6.45, 7) is 7.22. The molecule has 1 rings (SSSR count). The van der Waals surface area contributed by atoms with Crippen molar-refractivity contribution in [1.82, 2.24) is 0 Å². The molecule has 3 unspecified atom stereocenters. The summed E-state index contributed by atoms with van der Waals surface area (Å²) in [5.74, 6) is 0. The number of rotatable bonds is 6.